The molecule has 0 spiro atoms. The van der Waals surface area contributed by atoms with Crippen LogP contribution in [0.2, 0.25) is 0 Å². The zero-order valence-corrected chi connectivity index (χ0v) is 8.76. The standard InChI is InChI=1S/C13H14O/c1-8-6-11-5-4-9(2)10(3)13(11)12(14)7-8/h4-7,14H,1-3H3. The summed E-state index contributed by atoms with van der Waals surface area (Å²) in [5.41, 5.74) is 3.48. The molecule has 1 heteroatoms. The van der Waals surface area contributed by atoms with Gasteiger partial charge in [-0.05, 0) is 48.9 Å². The van der Waals surface area contributed by atoms with E-state index in [9.17, 15) is 5.11 Å². The predicted molar refractivity (Wildman–Crippen MR) is 59.8 cm³/mol. The normalized spacial score (nSPS) is 10.8. The highest BCUT2D eigenvalue weighted by molar-refractivity contribution is 5.92. The lowest BCUT2D eigenvalue weighted by molar-refractivity contribution is 0.481. The van der Waals surface area contributed by atoms with Crippen LogP contribution < -0.4 is 0 Å². The fourth-order valence-electron chi connectivity index (χ4n) is 1.87. The van der Waals surface area contributed by atoms with E-state index in [4.69, 9.17) is 0 Å². The SMILES string of the molecule is Cc1cc(O)c2c(C)c(C)ccc2c1. The summed E-state index contributed by atoms with van der Waals surface area (Å²) in [4.78, 5) is 0. The maximum atomic E-state index is 9.86. The Morgan fingerprint density at radius 2 is 1.71 bits per heavy atom. The number of phenolic OH excluding ortho intramolecular Hbond substituents is 1. The van der Waals surface area contributed by atoms with E-state index in [0.717, 1.165) is 16.3 Å². The molecule has 0 radical (unpaired) electrons. The summed E-state index contributed by atoms with van der Waals surface area (Å²) in [7, 11) is 0. The van der Waals surface area contributed by atoms with E-state index >= 15 is 0 Å². The van der Waals surface area contributed by atoms with Crippen molar-refractivity contribution in [1.82, 2.24) is 0 Å². The van der Waals surface area contributed by atoms with Gasteiger partial charge in [0.25, 0.3) is 0 Å². The molecule has 2 aromatic rings. The summed E-state index contributed by atoms with van der Waals surface area (Å²) in [5, 5.41) is 12.0. The molecule has 0 aliphatic rings. The second-order valence-corrected chi connectivity index (χ2v) is 3.89. The Bertz CT molecular complexity index is 498. The zero-order chi connectivity index (χ0) is 10.3. The third-order valence-corrected chi connectivity index (χ3v) is 2.77. The molecule has 0 amide bonds. The van der Waals surface area contributed by atoms with E-state index < -0.39 is 0 Å². The molecule has 0 saturated heterocycles. The van der Waals surface area contributed by atoms with Crippen LogP contribution in [0, 0.1) is 20.8 Å². The summed E-state index contributed by atoms with van der Waals surface area (Å²) in [5.74, 6) is 0.390. The van der Waals surface area contributed by atoms with Crippen molar-refractivity contribution in [2.75, 3.05) is 0 Å². The Labute approximate surface area is 84.0 Å². The van der Waals surface area contributed by atoms with Gasteiger partial charge in [-0.15, -0.1) is 0 Å². The van der Waals surface area contributed by atoms with Gasteiger partial charge in [-0.1, -0.05) is 18.2 Å². The Morgan fingerprint density at radius 1 is 1.00 bits per heavy atom. The second-order valence-electron chi connectivity index (χ2n) is 3.89. The van der Waals surface area contributed by atoms with E-state index in [0.29, 0.717) is 5.75 Å². The number of hydrogen-bond acceptors (Lipinski definition) is 1. The molecular weight excluding hydrogens is 172 g/mol. The third-order valence-electron chi connectivity index (χ3n) is 2.77. The molecule has 0 atom stereocenters. The minimum atomic E-state index is 0.390. The van der Waals surface area contributed by atoms with Gasteiger partial charge in [0.05, 0.1) is 0 Å². The molecule has 1 nitrogen and oxygen atoms in total. The van der Waals surface area contributed by atoms with Gasteiger partial charge < -0.3 is 5.11 Å². The van der Waals surface area contributed by atoms with E-state index in [1.165, 1.54) is 11.1 Å². The van der Waals surface area contributed by atoms with Crippen molar-refractivity contribution < 1.29 is 5.11 Å². The van der Waals surface area contributed by atoms with E-state index in [2.05, 4.69) is 25.1 Å². The lowest BCUT2D eigenvalue weighted by Crippen LogP contribution is -1.85. The van der Waals surface area contributed by atoms with Crippen LogP contribution in [0.15, 0.2) is 24.3 Å². The summed E-state index contributed by atoms with van der Waals surface area (Å²) in [6, 6.07) is 8.07. The minimum absolute atomic E-state index is 0.390. The van der Waals surface area contributed by atoms with Gasteiger partial charge in [-0.3, -0.25) is 0 Å². The number of phenols is 1. The molecule has 0 unspecified atom stereocenters. The first-order chi connectivity index (χ1) is 6.59. The molecule has 1 N–H and O–H groups in total. The Kier molecular flexibility index (Phi) is 1.95. The van der Waals surface area contributed by atoms with Crippen molar-refractivity contribution in [3.8, 4) is 5.75 Å². The van der Waals surface area contributed by atoms with Gasteiger partial charge in [0.2, 0.25) is 0 Å². The monoisotopic (exact) mass is 186 g/mol. The maximum absolute atomic E-state index is 9.86. The van der Waals surface area contributed by atoms with Crippen LogP contribution in [0.3, 0.4) is 0 Å². The number of benzene rings is 2. The van der Waals surface area contributed by atoms with E-state index in [1.807, 2.05) is 19.9 Å². The Morgan fingerprint density at radius 3 is 2.43 bits per heavy atom. The molecule has 0 heterocycles. The van der Waals surface area contributed by atoms with Gasteiger partial charge in [0.15, 0.2) is 0 Å². The van der Waals surface area contributed by atoms with Gasteiger partial charge in [0.1, 0.15) is 5.75 Å². The van der Waals surface area contributed by atoms with Gasteiger partial charge in [-0.2, -0.15) is 0 Å². The molecule has 0 bridgehead atoms. The summed E-state index contributed by atoms with van der Waals surface area (Å²) in [6.07, 6.45) is 0. The van der Waals surface area contributed by atoms with Crippen molar-refractivity contribution >= 4 is 10.8 Å². The van der Waals surface area contributed by atoms with Crippen molar-refractivity contribution in [3.05, 3.63) is 41.0 Å². The van der Waals surface area contributed by atoms with Gasteiger partial charge in [-0.25, -0.2) is 0 Å². The quantitative estimate of drug-likeness (QED) is 0.668. The fourth-order valence-corrected chi connectivity index (χ4v) is 1.87. The number of aryl methyl sites for hydroxylation is 3. The molecule has 2 aromatic carbocycles. The van der Waals surface area contributed by atoms with Crippen molar-refractivity contribution in [2.24, 2.45) is 0 Å². The number of hydrogen-bond donors (Lipinski definition) is 1. The van der Waals surface area contributed by atoms with Gasteiger partial charge in [0, 0.05) is 5.39 Å². The fraction of sp³-hybridized carbons (Fsp3) is 0.231. The second kappa shape index (κ2) is 3.02. The van der Waals surface area contributed by atoms with E-state index in [-0.39, 0.29) is 0 Å². The highest BCUT2D eigenvalue weighted by Crippen LogP contribution is 2.30. The van der Waals surface area contributed by atoms with Crippen molar-refractivity contribution in [3.63, 3.8) is 0 Å². The first-order valence-corrected chi connectivity index (χ1v) is 4.79. The molecule has 72 valence electrons. The molecule has 0 aromatic heterocycles. The molecule has 2 rings (SSSR count). The highest BCUT2D eigenvalue weighted by Gasteiger charge is 2.05. The summed E-state index contributed by atoms with van der Waals surface area (Å²) < 4.78 is 0. The van der Waals surface area contributed by atoms with Crippen molar-refractivity contribution in [2.45, 2.75) is 20.8 Å². The molecular formula is C13H14O. The number of rotatable bonds is 0. The minimum Gasteiger partial charge on any atom is -0.507 e. The van der Waals surface area contributed by atoms with Crippen LogP contribution in [0.4, 0.5) is 0 Å². The summed E-state index contributed by atoms with van der Waals surface area (Å²) >= 11 is 0. The number of fused-ring (bicyclic) bond motifs is 1. The van der Waals surface area contributed by atoms with Crippen LogP contribution in [-0.4, -0.2) is 5.11 Å². The van der Waals surface area contributed by atoms with Crippen molar-refractivity contribution in [1.29, 1.82) is 0 Å². The maximum Gasteiger partial charge on any atom is 0.123 e. The lowest BCUT2D eigenvalue weighted by Gasteiger charge is -2.08. The average Bonchev–Trinajstić information content (AvgIpc) is 2.10. The van der Waals surface area contributed by atoms with Crippen LogP contribution in [0.25, 0.3) is 10.8 Å². The first-order valence-electron chi connectivity index (χ1n) is 4.79. The van der Waals surface area contributed by atoms with Crippen LogP contribution in [-0.2, 0) is 0 Å². The lowest BCUT2D eigenvalue weighted by atomic mass is 9.98. The average molecular weight is 186 g/mol. The van der Waals surface area contributed by atoms with Crippen LogP contribution in [0.5, 0.6) is 5.75 Å². The largest absolute Gasteiger partial charge is 0.507 e. The molecule has 0 aliphatic heterocycles. The summed E-state index contributed by atoms with van der Waals surface area (Å²) in [6.45, 7) is 6.11. The molecule has 0 aliphatic carbocycles. The van der Waals surface area contributed by atoms with Crippen LogP contribution in [0.1, 0.15) is 16.7 Å². The molecule has 14 heavy (non-hydrogen) atoms. The number of aromatic hydroxyl groups is 1. The van der Waals surface area contributed by atoms with Crippen LogP contribution >= 0.6 is 0 Å². The van der Waals surface area contributed by atoms with Gasteiger partial charge >= 0.3 is 0 Å². The predicted octanol–water partition coefficient (Wildman–Crippen LogP) is 3.47. The third kappa shape index (κ3) is 1.25. The highest BCUT2D eigenvalue weighted by atomic mass is 16.3. The first kappa shape index (κ1) is 9.07. The molecule has 0 saturated carbocycles. The Hall–Kier alpha value is -1.50. The zero-order valence-electron chi connectivity index (χ0n) is 8.76. The van der Waals surface area contributed by atoms with E-state index in [1.54, 1.807) is 0 Å². The topological polar surface area (TPSA) is 20.2 Å². The smallest absolute Gasteiger partial charge is 0.123 e. The Balaban J connectivity index is 2.95. The molecule has 0 fully saturated rings.